The van der Waals surface area contributed by atoms with Crippen LogP contribution in [-0.4, -0.2) is 45.9 Å². The fraction of sp³-hybridized carbons (Fsp3) is 0.778. The summed E-state index contributed by atoms with van der Waals surface area (Å²) in [6.07, 6.45) is 12.1. The molecule has 1 aromatic heterocycles. The van der Waals surface area contributed by atoms with Crippen molar-refractivity contribution in [2.24, 2.45) is 11.8 Å². The molecule has 1 aliphatic heterocycles. The smallest absolute Gasteiger partial charge is 0.267 e. The molecule has 0 radical (unpaired) electrons. The van der Waals surface area contributed by atoms with E-state index in [1.165, 1.54) is 44.7 Å². The van der Waals surface area contributed by atoms with Gasteiger partial charge >= 0.3 is 0 Å². The van der Waals surface area contributed by atoms with E-state index in [9.17, 15) is 9.59 Å². The van der Waals surface area contributed by atoms with Crippen LogP contribution in [0.5, 0.6) is 0 Å². The molecule has 1 aliphatic carbocycles. The largest absolute Gasteiger partial charge is 0.356 e. The summed E-state index contributed by atoms with van der Waals surface area (Å²) in [6.45, 7) is 2.13. The summed E-state index contributed by atoms with van der Waals surface area (Å²) >= 11 is 1.14. The van der Waals surface area contributed by atoms with Crippen LogP contribution in [0.3, 0.4) is 0 Å². The highest BCUT2D eigenvalue weighted by atomic mass is 32.1. The number of nitrogens with zero attached hydrogens (tertiary/aromatic N) is 3. The van der Waals surface area contributed by atoms with Crippen molar-refractivity contribution in [1.29, 1.82) is 0 Å². The monoisotopic (exact) mass is 364 g/mol. The van der Waals surface area contributed by atoms with Crippen molar-refractivity contribution in [2.75, 3.05) is 19.6 Å². The first-order chi connectivity index (χ1) is 12.2. The van der Waals surface area contributed by atoms with Gasteiger partial charge in [-0.15, -0.1) is 5.10 Å². The molecule has 2 aliphatic rings. The Labute approximate surface area is 153 Å². The highest BCUT2D eigenvalue weighted by Gasteiger charge is 2.28. The number of likely N-dealkylation sites (tertiary alicyclic amines) is 1. The Morgan fingerprint density at radius 2 is 1.96 bits per heavy atom. The lowest BCUT2D eigenvalue weighted by Gasteiger charge is -2.16. The molecule has 138 valence electrons. The summed E-state index contributed by atoms with van der Waals surface area (Å²) in [4.78, 5) is 26.8. The average Bonchev–Trinajstić information content (AvgIpc) is 3.25. The average molecular weight is 365 g/mol. The van der Waals surface area contributed by atoms with Crippen LogP contribution >= 0.6 is 11.5 Å². The van der Waals surface area contributed by atoms with E-state index >= 15 is 0 Å². The molecule has 1 saturated heterocycles. The molecule has 1 unspecified atom stereocenters. The van der Waals surface area contributed by atoms with E-state index in [0.717, 1.165) is 36.8 Å². The fourth-order valence-electron chi connectivity index (χ4n) is 3.94. The van der Waals surface area contributed by atoms with Crippen molar-refractivity contribution in [1.82, 2.24) is 19.8 Å². The number of rotatable bonds is 6. The van der Waals surface area contributed by atoms with Gasteiger partial charge in [-0.3, -0.25) is 9.59 Å². The maximum Gasteiger partial charge on any atom is 0.267 e. The fourth-order valence-corrected chi connectivity index (χ4v) is 4.42. The van der Waals surface area contributed by atoms with Crippen LogP contribution in [0, 0.1) is 11.8 Å². The lowest BCUT2D eigenvalue weighted by Crippen LogP contribution is -2.32. The van der Waals surface area contributed by atoms with Crippen LogP contribution in [-0.2, 0) is 4.79 Å². The molecular formula is C18H28N4O2S. The quantitative estimate of drug-likeness (QED) is 0.788. The first kappa shape index (κ1) is 18.3. The van der Waals surface area contributed by atoms with Crippen LogP contribution in [0.1, 0.15) is 67.5 Å². The normalized spacial score (nSPS) is 21.9. The third-order valence-corrected chi connectivity index (χ3v) is 6.14. The molecule has 3 rings (SSSR count). The summed E-state index contributed by atoms with van der Waals surface area (Å²) < 4.78 is 3.75. The third-order valence-electron chi connectivity index (χ3n) is 5.49. The van der Waals surface area contributed by atoms with Crippen LogP contribution < -0.4 is 5.32 Å². The molecule has 1 N–H and O–H groups in total. The first-order valence-corrected chi connectivity index (χ1v) is 10.3. The van der Waals surface area contributed by atoms with Crippen LogP contribution in [0.4, 0.5) is 0 Å². The zero-order chi connectivity index (χ0) is 17.5. The minimum atomic E-state index is 0.0113. The number of aromatic nitrogens is 2. The first-order valence-electron chi connectivity index (χ1n) is 9.55. The zero-order valence-electron chi connectivity index (χ0n) is 14.8. The number of carbonyl (C=O) groups is 2. The van der Waals surface area contributed by atoms with Gasteiger partial charge in [-0.05, 0) is 36.2 Å². The Bertz CT molecular complexity index is 555. The van der Waals surface area contributed by atoms with Crippen molar-refractivity contribution < 1.29 is 9.59 Å². The second kappa shape index (κ2) is 9.27. The molecule has 25 heavy (non-hydrogen) atoms. The summed E-state index contributed by atoms with van der Waals surface area (Å²) in [5.41, 5.74) is 0. The standard InChI is InChI=1S/C18H28N4O2S/c23-17(8-7-14-5-3-1-2-4-6-14)19-11-15-9-10-22(13-15)18(24)16-12-20-21-25-16/h12,14-15H,1-11,13H2,(H,19,23). The van der Waals surface area contributed by atoms with Crippen molar-refractivity contribution >= 4 is 23.3 Å². The molecule has 0 spiro atoms. The Hall–Kier alpha value is -1.50. The van der Waals surface area contributed by atoms with Gasteiger partial charge in [-0.25, -0.2) is 0 Å². The van der Waals surface area contributed by atoms with Gasteiger partial charge in [0.2, 0.25) is 5.91 Å². The van der Waals surface area contributed by atoms with E-state index in [0.29, 0.717) is 30.3 Å². The highest BCUT2D eigenvalue weighted by Crippen LogP contribution is 2.26. The van der Waals surface area contributed by atoms with Crippen molar-refractivity contribution in [3.05, 3.63) is 11.1 Å². The van der Waals surface area contributed by atoms with E-state index in [1.54, 1.807) is 0 Å². The maximum absolute atomic E-state index is 12.3. The van der Waals surface area contributed by atoms with Gasteiger partial charge in [0.15, 0.2) is 0 Å². The number of hydrogen-bond acceptors (Lipinski definition) is 5. The van der Waals surface area contributed by atoms with E-state index in [1.807, 2.05) is 4.90 Å². The molecule has 2 heterocycles. The van der Waals surface area contributed by atoms with Gasteiger partial charge in [-0.1, -0.05) is 43.0 Å². The summed E-state index contributed by atoms with van der Waals surface area (Å²) in [7, 11) is 0. The molecule has 7 heteroatoms. The topological polar surface area (TPSA) is 75.2 Å². The molecule has 2 fully saturated rings. The van der Waals surface area contributed by atoms with Crippen LogP contribution in [0.2, 0.25) is 0 Å². The van der Waals surface area contributed by atoms with E-state index in [4.69, 9.17) is 0 Å². The lowest BCUT2D eigenvalue weighted by molar-refractivity contribution is -0.121. The Kier molecular flexibility index (Phi) is 6.78. The van der Waals surface area contributed by atoms with Crippen molar-refractivity contribution in [3.63, 3.8) is 0 Å². The van der Waals surface area contributed by atoms with Gasteiger partial charge in [-0.2, -0.15) is 0 Å². The van der Waals surface area contributed by atoms with Gasteiger partial charge < -0.3 is 10.2 Å². The molecule has 0 bridgehead atoms. The SMILES string of the molecule is O=C(CCC1CCCCCC1)NCC1CCN(C(=O)c2cnns2)C1. The second-order valence-corrected chi connectivity index (χ2v) is 8.17. The Morgan fingerprint density at radius 1 is 1.16 bits per heavy atom. The Morgan fingerprint density at radius 3 is 2.68 bits per heavy atom. The molecule has 1 saturated carbocycles. The summed E-state index contributed by atoms with van der Waals surface area (Å²) in [5.74, 6) is 1.27. The number of hydrogen-bond donors (Lipinski definition) is 1. The van der Waals surface area contributed by atoms with Gasteiger partial charge in [0.25, 0.3) is 5.91 Å². The molecular weight excluding hydrogens is 336 g/mol. The van der Waals surface area contributed by atoms with Crippen LogP contribution in [0.25, 0.3) is 0 Å². The molecule has 1 atom stereocenters. The van der Waals surface area contributed by atoms with E-state index < -0.39 is 0 Å². The van der Waals surface area contributed by atoms with E-state index in [-0.39, 0.29) is 11.8 Å². The number of amides is 2. The predicted molar refractivity (Wildman–Crippen MR) is 97.4 cm³/mol. The van der Waals surface area contributed by atoms with E-state index in [2.05, 4.69) is 14.9 Å². The lowest BCUT2D eigenvalue weighted by atomic mass is 9.95. The minimum absolute atomic E-state index is 0.0113. The number of carbonyl (C=O) groups excluding carboxylic acids is 2. The Balaban J connectivity index is 1.33. The molecule has 0 aromatic carbocycles. The minimum Gasteiger partial charge on any atom is -0.356 e. The third kappa shape index (κ3) is 5.49. The second-order valence-electron chi connectivity index (χ2n) is 7.39. The van der Waals surface area contributed by atoms with Crippen LogP contribution in [0.15, 0.2) is 6.20 Å². The van der Waals surface area contributed by atoms with Gasteiger partial charge in [0, 0.05) is 26.1 Å². The molecule has 6 nitrogen and oxygen atoms in total. The predicted octanol–water partition coefficient (Wildman–Crippen LogP) is 2.87. The summed E-state index contributed by atoms with van der Waals surface area (Å²) in [6, 6.07) is 0. The molecule has 2 amide bonds. The van der Waals surface area contributed by atoms with Gasteiger partial charge in [0.05, 0.1) is 6.20 Å². The van der Waals surface area contributed by atoms with Gasteiger partial charge in [0.1, 0.15) is 4.88 Å². The molecule has 1 aromatic rings. The highest BCUT2D eigenvalue weighted by molar-refractivity contribution is 7.07. The zero-order valence-corrected chi connectivity index (χ0v) is 15.6. The van der Waals surface area contributed by atoms with Crippen molar-refractivity contribution in [3.8, 4) is 0 Å². The number of nitrogens with one attached hydrogen (secondary N) is 1. The maximum atomic E-state index is 12.3. The summed E-state index contributed by atoms with van der Waals surface area (Å²) in [5, 5.41) is 6.80. The van der Waals surface area contributed by atoms with Crippen molar-refractivity contribution in [2.45, 2.75) is 57.8 Å².